The molecule has 0 aromatic rings. The monoisotopic (exact) mass is 276 g/mol. The predicted octanol–water partition coefficient (Wildman–Crippen LogP) is 7.34. The van der Waals surface area contributed by atoms with E-state index >= 15 is 0 Å². The highest BCUT2D eigenvalue weighted by Crippen LogP contribution is 2.08. The lowest BCUT2D eigenvalue weighted by Gasteiger charge is -1.98. The van der Waals surface area contributed by atoms with Crippen LogP contribution in [0.15, 0.2) is 0 Å². The molecule has 0 rings (SSSR count). The van der Waals surface area contributed by atoms with Crippen LogP contribution in [-0.4, -0.2) is 5.88 Å². The van der Waals surface area contributed by atoms with Gasteiger partial charge < -0.3 is 0 Å². The number of unbranched alkanes of at least 4 members (excludes halogenated alkanes) is 11. The van der Waals surface area contributed by atoms with Gasteiger partial charge in [-0.05, 0) is 6.42 Å². The van der Waals surface area contributed by atoms with Gasteiger partial charge in [0.2, 0.25) is 0 Å². The van der Waals surface area contributed by atoms with Gasteiger partial charge in [-0.3, -0.25) is 0 Å². The highest BCUT2D eigenvalue weighted by atomic mass is 35.5. The minimum Gasteiger partial charge on any atom is -0.127 e. The molecule has 0 unspecified atom stereocenters. The maximum absolute atomic E-state index is 5.56. The van der Waals surface area contributed by atoms with E-state index < -0.39 is 0 Å². The molecule has 0 aliphatic rings. The highest BCUT2D eigenvalue weighted by molar-refractivity contribution is 6.17. The molecule has 0 aromatic heterocycles. The van der Waals surface area contributed by atoms with Gasteiger partial charge in [-0.15, -0.1) is 11.6 Å². The Morgan fingerprint density at radius 2 is 0.722 bits per heavy atom. The summed E-state index contributed by atoms with van der Waals surface area (Å²) in [5.74, 6) is 0.842. The van der Waals surface area contributed by atoms with Crippen molar-refractivity contribution in [1.82, 2.24) is 0 Å². The van der Waals surface area contributed by atoms with Crippen LogP contribution in [0.4, 0.5) is 0 Å². The summed E-state index contributed by atoms with van der Waals surface area (Å²) >= 11 is 5.56. The first-order valence-corrected chi connectivity index (χ1v) is 8.92. The zero-order valence-corrected chi connectivity index (χ0v) is 14.0. The topological polar surface area (TPSA) is 0 Å². The Morgan fingerprint density at radius 3 is 1.06 bits per heavy atom. The summed E-state index contributed by atoms with van der Waals surface area (Å²) in [6.07, 6.45) is 18.0. The van der Waals surface area contributed by atoms with Crippen LogP contribution in [-0.2, 0) is 0 Å². The molecule has 0 atom stereocenters. The van der Waals surface area contributed by atoms with Gasteiger partial charge in [0, 0.05) is 5.88 Å². The summed E-state index contributed by atoms with van der Waals surface area (Å²) in [5.41, 5.74) is 0. The van der Waals surface area contributed by atoms with Crippen LogP contribution in [0, 0.1) is 0 Å². The summed E-state index contributed by atoms with van der Waals surface area (Å²) in [4.78, 5) is 0. The van der Waals surface area contributed by atoms with E-state index in [1.807, 2.05) is 0 Å². The van der Waals surface area contributed by atoms with Crippen LogP contribution in [0.5, 0.6) is 0 Å². The fourth-order valence-corrected chi connectivity index (χ4v) is 2.09. The number of hydrogen-bond acceptors (Lipinski definition) is 0. The fraction of sp³-hybridized carbons (Fsp3) is 1.00. The Balaban J connectivity index is 0. The van der Waals surface area contributed by atoms with Crippen molar-refractivity contribution in [3.63, 3.8) is 0 Å². The van der Waals surface area contributed by atoms with E-state index in [0.717, 1.165) is 5.88 Å². The van der Waals surface area contributed by atoms with Crippen molar-refractivity contribution in [2.75, 3.05) is 5.88 Å². The van der Waals surface area contributed by atoms with Crippen molar-refractivity contribution < 1.29 is 0 Å². The Labute approximate surface area is 122 Å². The molecule has 0 spiro atoms. The smallest absolute Gasteiger partial charge is 0.0223 e. The number of halogens is 1. The Bertz CT molecular complexity index is 100. The molecule has 18 heavy (non-hydrogen) atoms. The van der Waals surface area contributed by atoms with Crippen molar-refractivity contribution >= 4 is 11.6 Å². The van der Waals surface area contributed by atoms with Crippen molar-refractivity contribution in [1.29, 1.82) is 0 Å². The maximum Gasteiger partial charge on any atom is 0.0223 e. The maximum atomic E-state index is 5.56. The Morgan fingerprint density at radius 1 is 0.444 bits per heavy atom. The fourth-order valence-electron chi connectivity index (χ4n) is 1.91. The first-order chi connectivity index (χ1) is 8.83. The van der Waals surface area contributed by atoms with Crippen LogP contribution in [0.1, 0.15) is 104 Å². The molecule has 0 aliphatic carbocycles. The van der Waals surface area contributed by atoms with Crippen LogP contribution in [0.25, 0.3) is 0 Å². The first-order valence-electron chi connectivity index (χ1n) is 8.39. The molecule has 0 bridgehead atoms. The van der Waals surface area contributed by atoms with E-state index in [2.05, 4.69) is 20.8 Å². The van der Waals surface area contributed by atoms with Crippen LogP contribution < -0.4 is 0 Å². The Kier molecular flexibility index (Phi) is 25.7. The molecule has 0 aliphatic heterocycles. The molecule has 0 radical (unpaired) electrons. The number of alkyl halides is 1. The summed E-state index contributed by atoms with van der Waals surface area (Å²) in [6.45, 7) is 6.75. The summed E-state index contributed by atoms with van der Waals surface area (Å²) in [7, 11) is 0. The van der Waals surface area contributed by atoms with E-state index in [4.69, 9.17) is 11.6 Å². The average Bonchev–Trinajstić information content (AvgIpc) is 2.39. The van der Waals surface area contributed by atoms with E-state index in [-0.39, 0.29) is 0 Å². The van der Waals surface area contributed by atoms with Gasteiger partial charge in [0.15, 0.2) is 0 Å². The van der Waals surface area contributed by atoms with Gasteiger partial charge in [-0.2, -0.15) is 0 Å². The lowest BCUT2D eigenvalue weighted by atomic mass is 10.1. The SMILES string of the molecule is CCCCCCC.CCCCCCCCCCCl. The molecule has 0 N–H and O–H groups in total. The molecular weight excluding hydrogens is 240 g/mol. The molecule has 0 aromatic carbocycles. The van der Waals surface area contributed by atoms with Gasteiger partial charge in [-0.25, -0.2) is 0 Å². The largest absolute Gasteiger partial charge is 0.127 e. The van der Waals surface area contributed by atoms with Crippen molar-refractivity contribution in [2.45, 2.75) is 104 Å². The van der Waals surface area contributed by atoms with Gasteiger partial charge in [0.05, 0.1) is 0 Å². The van der Waals surface area contributed by atoms with Gasteiger partial charge in [0.1, 0.15) is 0 Å². The molecule has 0 heterocycles. The molecule has 0 fully saturated rings. The minimum atomic E-state index is 0.842. The lowest BCUT2D eigenvalue weighted by molar-refractivity contribution is 0.586. The third kappa shape index (κ3) is 25.2. The first kappa shape index (κ1) is 20.6. The molecule has 1 heteroatoms. The second-order valence-corrected chi connectivity index (χ2v) is 5.60. The quantitative estimate of drug-likeness (QED) is 0.258. The zero-order valence-electron chi connectivity index (χ0n) is 13.3. The minimum absolute atomic E-state index is 0.842. The average molecular weight is 277 g/mol. The zero-order chi connectivity index (χ0) is 13.9. The van der Waals surface area contributed by atoms with E-state index in [1.165, 1.54) is 83.5 Å². The summed E-state index contributed by atoms with van der Waals surface area (Å²) in [5, 5.41) is 0. The Hall–Kier alpha value is 0.290. The third-order valence-corrected chi connectivity index (χ3v) is 3.46. The van der Waals surface area contributed by atoms with Gasteiger partial charge in [0.25, 0.3) is 0 Å². The van der Waals surface area contributed by atoms with Crippen molar-refractivity contribution in [2.24, 2.45) is 0 Å². The standard InChI is InChI=1S/C10H21Cl.C7H16/c1-2-3-4-5-6-7-8-9-10-11;1-3-5-7-6-4-2/h2-10H2,1H3;3-7H2,1-2H3. The molecule has 0 nitrogen and oxygen atoms in total. The number of rotatable bonds is 12. The normalized spacial score (nSPS) is 10.0. The van der Waals surface area contributed by atoms with Crippen LogP contribution in [0.2, 0.25) is 0 Å². The predicted molar refractivity (Wildman–Crippen MR) is 87.8 cm³/mol. The van der Waals surface area contributed by atoms with Gasteiger partial charge >= 0.3 is 0 Å². The third-order valence-electron chi connectivity index (χ3n) is 3.19. The van der Waals surface area contributed by atoms with Crippen molar-refractivity contribution in [3.8, 4) is 0 Å². The summed E-state index contributed by atoms with van der Waals surface area (Å²) in [6, 6.07) is 0. The molecule has 0 saturated carbocycles. The molecule has 0 saturated heterocycles. The molecular formula is C17H37Cl. The summed E-state index contributed by atoms with van der Waals surface area (Å²) < 4.78 is 0. The molecule has 112 valence electrons. The van der Waals surface area contributed by atoms with E-state index in [9.17, 15) is 0 Å². The highest BCUT2D eigenvalue weighted by Gasteiger charge is 1.89. The lowest BCUT2D eigenvalue weighted by Crippen LogP contribution is -1.80. The van der Waals surface area contributed by atoms with Crippen LogP contribution >= 0.6 is 11.6 Å². The van der Waals surface area contributed by atoms with Crippen molar-refractivity contribution in [3.05, 3.63) is 0 Å². The van der Waals surface area contributed by atoms with Crippen LogP contribution in [0.3, 0.4) is 0 Å². The second-order valence-electron chi connectivity index (χ2n) is 5.22. The number of hydrogen-bond donors (Lipinski definition) is 0. The van der Waals surface area contributed by atoms with E-state index in [0.29, 0.717) is 0 Å². The van der Waals surface area contributed by atoms with E-state index in [1.54, 1.807) is 0 Å². The molecule has 0 amide bonds. The second kappa shape index (κ2) is 22.5. The van der Waals surface area contributed by atoms with Gasteiger partial charge in [-0.1, -0.05) is 97.8 Å².